The predicted octanol–water partition coefficient (Wildman–Crippen LogP) is 6.10. The first-order valence-electron chi connectivity index (χ1n) is 13.0. The zero-order chi connectivity index (χ0) is 25.8. The van der Waals surface area contributed by atoms with Crippen LogP contribution in [-0.2, 0) is 15.6 Å². The van der Waals surface area contributed by atoms with Gasteiger partial charge < -0.3 is 14.1 Å². The number of hydrogen-bond acceptors (Lipinski definition) is 3. The van der Waals surface area contributed by atoms with Crippen LogP contribution in [-0.4, -0.2) is 38.5 Å². The molecule has 4 rings (SSSR count). The lowest BCUT2D eigenvalue weighted by Gasteiger charge is -2.43. The summed E-state index contributed by atoms with van der Waals surface area (Å²) < 4.78 is 13.0. The van der Waals surface area contributed by atoms with E-state index in [9.17, 15) is 4.79 Å². The summed E-state index contributed by atoms with van der Waals surface area (Å²) in [6.45, 7) is 11.8. The molecule has 0 heterocycles. The van der Waals surface area contributed by atoms with Crippen LogP contribution >= 0.6 is 0 Å². The van der Waals surface area contributed by atoms with E-state index in [2.05, 4.69) is 81.4 Å². The summed E-state index contributed by atoms with van der Waals surface area (Å²) in [4.78, 5) is 15.1. The number of fused-ring (bicyclic) bond motifs is 1. The highest BCUT2D eigenvalue weighted by atomic mass is 28.4. The summed E-state index contributed by atoms with van der Waals surface area (Å²) in [5, 5.41) is 2.38. The first-order chi connectivity index (χ1) is 17.2. The first kappa shape index (κ1) is 26.2. The fraction of sp³-hybridized carbons (Fsp3) is 0.387. The van der Waals surface area contributed by atoms with Gasteiger partial charge in [0.25, 0.3) is 8.32 Å². The summed E-state index contributed by atoms with van der Waals surface area (Å²) in [5.41, 5.74) is 2.42. The molecule has 1 aliphatic carbocycles. The normalized spacial score (nSPS) is 15.6. The highest BCUT2D eigenvalue weighted by Gasteiger charge is 2.50. The van der Waals surface area contributed by atoms with Crippen molar-refractivity contribution >= 4 is 24.8 Å². The summed E-state index contributed by atoms with van der Waals surface area (Å²) in [7, 11) is -2.65. The third kappa shape index (κ3) is 5.28. The van der Waals surface area contributed by atoms with E-state index < -0.39 is 8.32 Å². The molecule has 0 saturated carbocycles. The van der Waals surface area contributed by atoms with Gasteiger partial charge in [-0.05, 0) is 53.2 Å². The smallest absolute Gasteiger partial charge is 0.410 e. The summed E-state index contributed by atoms with van der Waals surface area (Å²) in [6, 6.07) is 29.5. The number of carbonyl (C=O) groups excluding carboxylic acids is 1. The summed E-state index contributed by atoms with van der Waals surface area (Å²) in [5.74, 6) is 0. The van der Waals surface area contributed by atoms with Crippen LogP contribution in [0.4, 0.5) is 4.79 Å². The molecule has 0 bridgehead atoms. The van der Waals surface area contributed by atoms with E-state index in [4.69, 9.17) is 9.16 Å². The molecule has 0 spiro atoms. The van der Waals surface area contributed by atoms with E-state index in [-0.39, 0.29) is 23.3 Å². The van der Waals surface area contributed by atoms with Gasteiger partial charge in [0.2, 0.25) is 0 Å². The minimum Gasteiger partial charge on any atom is -0.441 e. The van der Waals surface area contributed by atoms with Gasteiger partial charge in [-0.1, -0.05) is 106 Å². The first-order valence-corrected chi connectivity index (χ1v) is 14.9. The molecule has 3 aromatic carbocycles. The van der Waals surface area contributed by atoms with Crippen LogP contribution in [0, 0.1) is 0 Å². The lowest BCUT2D eigenvalue weighted by molar-refractivity contribution is 0.0500. The minimum atomic E-state index is -2.65. The van der Waals surface area contributed by atoms with E-state index >= 15 is 0 Å². The van der Waals surface area contributed by atoms with Crippen LogP contribution < -0.4 is 10.4 Å². The van der Waals surface area contributed by atoms with Crippen molar-refractivity contribution in [3.05, 3.63) is 96.1 Å². The number of benzene rings is 3. The molecule has 0 fully saturated rings. The molecule has 4 nitrogen and oxygen atoms in total. The molecule has 0 radical (unpaired) electrons. The molecular weight excluding hydrogens is 462 g/mol. The van der Waals surface area contributed by atoms with E-state index in [1.807, 2.05) is 38.1 Å². The maximum absolute atomic E-state index is 13.3. The van der Waals surface area contributed by atoms with Gasteiger partial charge in [0.15, 0.2) is 0 Å². The molecule has 0 unspecified atom stereocenters. The minimum absolute atomic E-state index is 0.0110. The molecular formula is C31H39NO3Si. The number of carbonyl (C=O) groups is 1. The third-order valence-corrected chi connectivity index (χ3v) is 12.3. The van der Waals surface area contributed by atoms with Crippen molar-refractivity contribution in [2.24, 2.45) is 0 Å². The zero-order valence-corrected chi connectivity index (χ0v) is 23.2. The molecule has 5 heteroatoms. The molecule has 0 N–H and O–H groups in total. The zero-order valence-electron chi connectivity index (χ0n) is 22.2. The highest BCUT2D eigenvalue weighted by Crippen LogP contribution is 2.37. The molecule has 0 aromatic heterocycles. The molecule has 0 saturated heterocycles. The van der Waals surface area contributed by atoms with Crippen molar-refractivity contribution in [1.29, 1.82) is 0 Å². The van der Waals surface area contributed by atoms with Crippen molar-refractivity contribution < 1.29 is 14.0 Å². The van der Waals surface area contributed by atoms with Crippen molar-refractivity contribution in [2.75, 3.05) is 13.2 Å². The van der Waals surface area contributed by atoms with Crippen molar-refractivity contribution in [3.63, 3.8) is 0 Å². The largest absolute Gasteiger partial charge is 0.441 e. The number of rotatable bonds is 8. The Labute approximate surface area is 217 Å². The maximum Gasteiger partial charge on any atom is 0.410 e. The Hall–Kier alpha value is -2.89. The molecule has 36 heavy (non-hydrogen) atoms. The Morgan fingerprint density at radius 1 is 0.917 bits per heavy atom. The quantitative estimate of drug-likeness (QED) is 0.350. The van der Waals surface area contributed by atoms with Gasteiger partial charge in [-0.3, -0.25) is 0 Å². The van der Waals surface area contributed by atoms with Crippen LogP contribution in [0.1, 0.15) is 58.3 Å². The SMILES string of the molecule is CC(C)N(CCO[Si](c1ccccc1)(c1ccccc1)C(C)(C)C)C(=O)O[C@H]1CCc2ccccc21. The van der Waals surface area contributed by atoms with Gasteiger partial charge in [-0.2, -0.15) is 0 Å². The molecule has 1 aliphatic rings. The van der Waals surface area contributed by atoms with Gasteiger partial charge in [0.1, 0.15) is 6.10 Å². The number of amides is 1. The number of nitrogens with zero attached hydrogens (tertiary/aromatic N) is 1. The van der Waals surface area contributed by atoms with E-state index in [0.29, 0.717) is 13.2 Å². The number of aryl methyl sites for hydroxylation is 1. The van der Waals surface area contributed by atoms with Crippen LogP contribution in [0.5, 0.6) is 0 Å². The van der Waals surface area contributed by atoms with Crippen LogP contribution in [0.25, 0.3) is 0 Å². The number of ether oxygens (including phenoxy) is 1. The van der Waals surface area contributed by atoms with Gasteiger partial charge in [-0.25, -0.2) is 4.79 Å². The van der Waals surface area contributed by atoms with Crippen LogP contribution in [0.3, 0.4) is 0 Å². The summed E-state index contributed by atoms with van der Waals surface area (Å²) in [6.07, 6.45) is 1.35. The lowest BCUT2D eigenvalue weighted by Crippen LogP contribution is -2.67. The Morgan fingerprint density at radius 3 is 2.03 bits per heavy atom. The Balaban J connectivity index is 1.54. The van der Waals surface area contributed by atoms with Gasteiger partial charge in [0.05, 0.1) is 6.61 Å². The third-order valence-electron chi connectivity index (χ3n) is 7.25. The van der Waals surface area contributed by atoms with Gasteiger partial charge >= 0.3 is 6.09 Å². The molecule has 1 amide bonds. The lowest BCUT2D eigenvalue weighted by atomic mass is 10.1. The standard InChI is InChI=1S/C31H39NO3Si/c1-24(2)32(30(33)35-29-21-20-25-14-12-13-19-28(25)29)22-23-34-36(31(3,4)5,26-15-8-6-9-16-26)27-17-10-7-11-18-27/h6-19,24,29H,20-23H2,1-5H3/t29-/m0/s1. The van der Waals surface area contributed by atoms with Crippen LogP contribution in [0.2, 0.25) is 5.04 Å². The van der Waals surface area contributed by atoms with Gasteiger partial charge in [-0.15, -0.1) is 0 Å². The molecule has 190 valence electrons. The van der Waals surface area contributed by atoms with E-state index in [0.717, 1.165) is 18.4 Å². The van der Waals surface area contributed by atoms with E-state index in [1.165, 1.54) is 15.9 Å². The average molecular weight is 502 g/mol. The highest BCUT2D eigenvalue weighted by molar-refractivity contribution is 6.99. The number of hydrogen-bond donors (Lipinski definition) is 0. The van der Waals surface area contributed by atoms with Gasteiger partial charge in [0, 0.05) is 12.6 Å². The fourth-order valence-electron chi connectivity index (χ4n) is 5.45. The fourth-order valence-corrected chi connectivity index (χ4v) is 10.0. The van der Waals surface area contributed by atoms with Crippen molar-refractivity contribution in [3.8, 4) is 0 Å². The average Bonchev–Trinajstić information content (AvgIpc) is 3.27. The van der Waals surface area contributed by atoms with Crippen LogP contribution in [0.15, 0.2) is 84.9 Å². The predicted molar refractivity (Wildman–Crippen MR) is 149 cm³/mol. The van der Waals surface area contributed by atoms with Crippen molar-refractivity contribution in [1.82, 2.24) is 4.90 Å². The Bertz CT molecular complexity index is 1100. The second-order valence-corrected chi connectivity index (χ2v) is 15.2. The summed E-state index contributed by atoms with van der Waals surface area (Å²) >= 11 is 0. The Morgan fingerprint density at radius 2 is 1.47 bits per heavy atom. The topological polar surface area (TPSA) is 38.8 Å². The monoisotopic (exact) mass is 501 g/mol. The van der Waals surface area contributed by atoms with E-state index in [1.54, 1.807) is 4.90 Å². The second kappa shape index (κ2) is 11.0. The Kier molecular flexibility index (Phi) is 8.01. The molecule has 0 aliphatic heterocycles. The maximum atomic E-state index is 13.3. The second-order valence-electron chi connectivity index (χ2n) is 10.9. The van der Waals surface area contributed by atoms with Crippen molar-refractivity contribution in [2.45, 2.75) is 64.6 Å². The molecule has 1 atom stereocenters. The molecule has 3 aromatic rings.